The number of fused-ring (bicyclic) bond motifs is 1. The lowest BCUT2D eigenvalue weighted by atomic mass is 9.69. The second-order valence-corrected chi connectivity index (χ2v) is 5.50. The maximum absolute atomic E-state index is 3.79. The van der Waals surface area contributed by atoms with E-state index in [4.69, 9.17) is 0 Å². The van der Waals surface area contributed by atoms with E-state index < -0.39 is 0 Å². The summed E-state index contributed by atoms with van der Waals surface area (Å²) in [5, 5.41) is 0. The molecule has 0 aromatic heterocycles. The Hall–Kier alpha value is -0.0400. The quantitative estimate of drug-likeness (QED) is 0.439. The van der Waals surface area contributed by atoms with Gasteiger partial charge in [-0.2, -0.15) is 0 Å². The van der Waals surface area contributed by atoms with E-state index >= 15 is 0 Å². The van der Waals surface area contributed by atoms with Crippen molar-refractivity contribution in [2.75, 3.05) is 0 Å². The van der Waals surface area contributed by atoms with Crippen molar-refractivity contribution in [1.82, 2.24) is 0 Å². The summed E-state index contributed by atoms with van der Waals surface area (Å²) in [7, 11) is 0. The predicted molar refractivity (Wildman–Crippen MR) is 54.2 cm³/mol. The minimum absolute atomic E-state index is 0.735. The van der Waals surface area contributed by atoms with Crippen molar-refractivity contribution in [2.24, 2.45) is 23.7 Å². The monoisotopic (exact) mass is 224 g/mol. The molecule has 1 saturated carbocycles. The van der Waals surface area contributed by atoms with Gasteiger partial charge in [0.2, 0.25) is 0 Å². The van der Waals surface area contributed by atoms with Crippen LogP contribution in [0, 0.1) is 23.7 Å². The molecule has 0 spiro atoms. The van der Waals surface area contributed by atoms with E-state index in [1.807, 2.05) is 0 Å². The molecule has 3 rings (SSSR count). The molecule has 0 aromatic rings. The third-order valence-electron chi connectivity index (χ3n) is 3.71. The first-order valence-corrected chi connectivity index (χ1v) is 5.77. The fraction of sp³-hybridized carbons (Fsp3) is 0.636. The molecule has 1 heteroatoms. The molecular weight excluding hydrogens is 212 g/mol. The smallest absolute Gasteiger partial charge is 0.0214 e. The predicted octanol–water partition coefficient (Wildman–Crippen LogP) is 3.15. The first-order valence-electron chi connectivity index (χ1n) is 4.85. The van der Waals surface area contributed by atoms with Crippen molar-refractivity contribution in [3.8, 4) is 0 Å². The van der Waals surface area contributed by atoms with Gasteiger partial charge in [-0.15, -0.1) is 0 Å². The highest BCUT2D eigenvalue weighted by molar-refractivity contribution is 9.09. The van der Waals surface area contributed by atoms with E-state index in [0.29, 0.717) is 0 Å². The van der Waals surface area contributed by atoms with Gasteiger partial charge in [0.25, 0.3) is 0 Å². The summed E-state index contributed by atoms with van der Waals surface area (Å²) < 4.78 is 0. The molecule has 0 radical (unpaired) electrons. The average molecular weight is 225 g/mol. The van der Waals surface area contributed by atoms with Crippen molar-refractivity contribution in [3.05, 3.63) is 24.3 Å². The number of alkyl halides is 1. The minimum atomic E-state index is 0.735. The molecule has 0 aliphatic heterocycles. The second-order valence-electron chi connectivity index (χ2n) is 4.33. The van der Waals surface area contributed by atoms with Crippen LogP contribution in [0.2, 0.25) is 0 Å². The van der Waals surface area contributed by atoms with Gasteiger partial charge in [-0.05, 0) is 36.5 Å². The molecule has 0 N–H and O–H groups in total. The lowest BCUT2D eigenvalue weighted by molar-refractivity contribution is 0.226. The van der Waals surface area contributed by atoms with Gasteiger partial charge in [-0.1, -0.05) is 40.2 Å². The van der Waals surface area contributed by atoms with Gasteiger partial charge in [0.1, 0.15) is 0 Å². The fourth-order valence-corrected chi connectivity index (χ4v) is 3.82. The Morgan fingerprint density at radius 2 is 1.67 bits per heavy atom. The molecule has 1 fully saturated rings. The Bertz CT molecular complexity index is 254. The van der Waals surface area contributed by atoms with Crippen molar-refractivity contribution in [3.63, 3.8) is 0 Å². The topological polar surface area (TPSA) is 0 Å². The average Bonchev–Trinajstić information content (AvgIpc) is 2.50. The SMILES string of the molecule is Br[C@@H]1C[C@H]2C=C[C@H]3C=C[C@@H]1C[C@@H]32. The third-order valence-corrected chi connectivity index (χ3v) is 4.76. The number of hydrogen-bond acceptors (Lipinski definition) is 0. The molecule has 5 atom stereocenters. The van der Waals surface area contributed by atoms with Crippen LogP contribution in [-0.4, -0.2) is 4.83 Å². The Balaban J connectivity index is 2.00. The molecule has 64 valence electrons. The number of allylic oxidation sites excluding steroid dienone is 4. The number of halogens is 1. The zero-order valence-electron chi connectivity index (χ0n) is 6.99. The van der Waals surface area contributed by atoms with Gasteiger partial charge >= 0.3 is 0 Å². The van der Waals surface area contributed by atoms with Crippen molar-refractivity contribution in [1.29, 1.82) is 0 Å². The molecule has 0 aromatic carbocycles. The second kappa shape index (κ2) is 2.47. The van der Waals surface area contributed by atoms with Crippen LogP contribution in [0.25, 0.3) is 0 Å². The van der Waals surface area contributed by atoms with E-state index in [9.17, 15) is 0 Å². The van der Waals surface area contributed by atoms with Crippen molar-refractivity contribution < 1.29 is 0 Å². The van der Waals surface area contributed by atoms with Crippen LogP contribution < -0.4 is 0 Å². The normalized spacial score (nSPS) is 54.6. The molecular formula is C11H13Br. The van der Waals surface area contributed by atoms with Gasteiger partial charge in [0, 0.05) is 4.83 Å². The first-order chi connectivity index (χ1) is 5.84. The van der Waals surface area contributed by atoms with Crippen LogP contribution in [0.1, 0.15) is 12.8 Å². The highest BCUT2D eigenvalue weighted by Gasteiger charge is 2.41. The summed E-state index contributed by atoms with van der Waals surface area (Å²) >= 11 is 3.79. The maximum atomic E-state index is 3.79. The molecule has 0 heterocycles. The third kappa shape index (κ3) is 0.891. The summed E-state index contributed by atoms with van der Waals surface area (Å²) in [6.45, 7) is 0. The molecule has 2 bridgehead atoms. The zero-order chi connectivity index (χ0) is 8.13. The summed E-state index contributed by atoms with van der Waals surface area (Å²) in [5.74, 6) is 3.43. The molecule has 0 nitrogen and oxygen atoms in total. The zero-order valence-corrected chi connectivity index (χ0v) is 8.57. The summed E-state index contributed by atoms with van der Waals surface area (Å²) in [5.41, 5.74) is 0. The van der Waals surface area contributed by atoms with E-state index in [1.165, 1.54) is 12.8 Å². The van der Waals surface area contributed by atoms with Gasteiger partial charge in [-0.25, -0.2) is 0 Å². The van der Waals surface area contributed by atoms with E-state index in [1.54, 1.807) is 0 Å². The van der Waals surface area contributed by atoms with Crippen LogP contribution >= 0.6 is 15.9 Å². The molecule has 0 saturated heterocycles. The summed E-state index contributed by atoms with van der Waals surface area (Å²) in [4.78, 5) is 0.735. The molecule has 12 heavy (non-hydrogen) atoms. The maximum Gasteiger partial charge on any atom is 0.0214 e. The minimum Gasteiger partial charge on any atom is -0.0884 e. The van der Waals surface area contributed by atoms with Crippen LogP contribution in [0.3, 0.4) is 0 Å². The van der Waals surface area contributed by atoms with E-state index in [-0.39, 0.29) is 0 Å². The Morgan fingerprint density at radius 1 is 0.917 bits per heavy atom. The molecule has 3 aliphatic rings. The van der Waals surface area contributed by atoms with Crippen LogP contribution in [-0.2, 0) is 0 Å². The number of rotatable bonds is 0. The lowest BCUT2D eigenvalue weighted by Gasteiger charge is -2.39. The lowest BCUT2D eigenvalue weighted by Crippen LogP contribution is -2.33. The van der Waals surface area contributed by atoms with Crippen LogP contribution in [0.4, 0.5) is 0 Å². The Kier molecular flexibility index (Phi) is 1.52. The Labute approximate surface area is 81.9 Å². The van der Waals surface area contributed by atoms with Gasteiger partial charge in [-0.3, -0.25) is 0 Å². The van der Waals surface area contributed by atoms with Crippen molar-refractivity contribution in [2.45, 2.75) is 17.7 Å². The Morgan fingerprint density at radius 3 is 2.50 bits per heavy atom. The van der Waals surface area contributed by atoms with Gasteiger partial charge in [0.05, 0.1) is 0 Å². The highest BCUT2D eigenvalue weighted by Crippen LogP contribution is 2.49. The fourth-order valence-electron chi connectivity index (χ4n) is 3.00. The largest absolute Gasteiger partial charge is 0.0884 e. The standard InChI is InChI=1S/C11H13Br/c12-11-6-8-3-1-7-2-4-9(11)5-10(7)8/h1-4,7-11H,5-6H2/t7-,8+,9+,10-,11+/m0/s1. The van der Waals surface area contributed by atoms with Gasteiger partial charge < -0.3 is 0 Å². The van der Waals surface area contributed by atoms with E-state index in [0.717, 1.165) is 28.5 Å². The van der Waals surface area contributed by atoms with E-state index in [2.05, 4.69) is 40.2 Å². The van der Waals surface area contributed by atoms with Crippen LogP contribution in [0.5, 0.6) is 0 Å². The molecule has 0 amide bonds. The van der Waals surface area contributed by atoms with Gasteiger partial charge in [0.15, 0.2) is 0 Å². The van der Waals surface area contributed by atoms with Crippen molar-refractivity contribution >= 4 is 15.9 Å². The van der Waals surface area contributed by atoms with Crippen LogP contribution in [0.15, 0.2) is 24.3 Å². The highest BCUT2D eigenvalue weighted by atomic mass is 79.9. The number of hydrogen-bond donors (Lipinski definition) is 0. The first kappa shape index (κ1) is 7.37. The summed E-state index contributed by atoms with van der Waals surface area (Å²) in [6, 6.07) is 0. The molecule has 0 unspecified atom stereocenters. The molecule has 3 aliphatic carbocycles. The summed E-state index contributed by atoms with van der Waals surface area (Å²) in [6.07, 6.45) is 12.5.